The maximum atomic E-state index is 12.8. The first-order valence-electron chi connectivity index (χ1n) is 9.78. The maximum absolute atomic E-state index is 12.8. The Morgan fingerprint density at radius 3 is 2.72 bits per heavy atom. The van der Waals surface area contributed by atoms with Crippen molar-refractivity contribution in [2.45, 2.75) is 38.0 Å². The van der Waals surface area contributed by atoms with Crippen LogP contribution in [-0.2, 0) is 20.9 Å². The minimum Gasteiger partial charge on any atom is -0.371 e. The zero-order valence-electron chi connectivity index (χ0n) is 16.2. The molecule has 2 unspecified atom stereocenters. The summed E-state index contributed by atoms with van der Waals surface area (Å²) in [4.78, 5) is 50.0. The van der Waals surface area contributed by atoms with Crippen LogP contribution in [0.5, 0.6) is 0 Å². The van der Waals surface area contributed by atoms with Crippen molar-refractivity contribution >= 4 is 23.6 Å². The zero-order chi connectivity index (χ0) is 20.6. The number of nitrogens with one attached hydrogen (secondary N) is 3. The molecule has 0 aromatic heterocycles. The number of hydrogen-bond acceptors (Lipinski definition) is 7. The number of rotatable bonds is 5. The molecule has 2 saturated heterocycles. The molecule has 0 spiro atoms. The van der Waals surface area contributed by atoms with Crippen LogP contribution in [0.3, 0.4) is 0 Å². The minimum atomic E-state index is -0.947. The van der Waals surface area contributed by atoms with E-state index >= 15 is 0 Å². The number of nitrogens with zero attached hydrogens (tertiary/aromatic N) is 1. The number of imide groups is 2. The summed E-state index contributed by atoms with van der Waals surface area (Å²) in [7, 11) is 0. The molecule has 0 bridgehead atoms. The van der Waals surface area contributed by atoms with Crippen LogP contribution in [0.1, 0.15) is 46.0 Å². The Labute approximate surface area is 168 Å². The SMILES string of the molecule is CC1(CNCc2ccc3c(c2)C(=O)N(C2CCC(=O)NC2=O)C3=O)CNCCO1. The fourth-order valence-corrected chi connectivity index (χ4v) is 3.99. The van der Waals surface area contributed by atoms with E-state index < -0.39 is 23.8 Å². The van der Waals surface area contributed by atoms with Gasteiger partial charge in [-0.05, 0) is 31.0 Å². The van der Waals surface area contributed by atoms with Gasteiger partial charge >= 0.3 is 0 Å². The largest absolute Gasteiger partial charge is 0.371 e. The van der Waals surface area contributed by atoms with Gasteiger partial charge in [0, 0.05) is 32.6 Å². The molecule has 2 fully saturated rings. The lowest BCUT2D eigenvalue weighted by molar-refractivity contribution is -0.136. The fourth-order valence-electron chi connectivity index (χ4n) is 3.99. The third-order valence-corrected chi connectivity index (χ3v) is 5.56. The molecular formula is C20H24N4O5. The summed E-state index contributed by atoms with van der Waals surface area (Å²) < 4.78 is 5.82. The summed E-state index contributed by atoms with van der Waals surface area (Å²) >= 11 is 0. The molecule has 0 aliphatic carbocycles. The lowest BCUT2D eigenvalue weighted by Gasteiger charge is -2.34. The Bertz CT molecular complexity index is 878. The molecule has 29 heavy (non-hydrogen) atoms. The number of benzene rings is 1. The van der Waals surface area contributed by atoms with E-state index in [1.165, 1.54) is 0 Å². The molecule has 3 aliphatic heterocycles. The molecule has 2 atom stereocenters. The molecule has 4 rings (SSSR count). The van der Waals surface area contributed by atoms with Gasteiger partial charge in [0.05, 0.1) is 23.3 Å². The number of carbonyl (C=O) groups excluding carboxylic acids is 4. The first-order chi connectivity index (χ1) is 13.9. The van der Waals surface area contributed by atoms with E-state index in [0.29, 0.717) is 25.3 Å². The van der Waals surface area contributed by atoms with Gasteiger partial charge in [-0.3, -0.25) is 29.4 Å². The highest BCUT2D eigenvalue weighted by Gasteiger charge is 2.44. The minimum absolute atomic E-state index is 0.106. The summed E-state index contributed by atoms with van der Waals surface area (Å²) in [5, 5.41) is 8.84. The van der Waals surface area contributed by atoms with Gasteiger partial charge in [-0.2, -0.15) is 0 Å². The van der Waals surface area contributed by atoms with Gasteiger partial charge in [0.2, 0.25) is 11.8 Å². The van der Waals surface area contributed by atoms with E-state index in [9.17, 15) is 19.2 Å². The summed E-state index contributed by atoms with van der Waals surface area (Å²) in [5.74, 6) is -1.98. The van der Waals surface area contributed by atoms with Crippen LogP contribution in [-0.4, -0.2) is 66.4 Å². The van der Waals surface area contributed by atoms with E-state index in [1.54, 1.807) is 18.2 Å². The quantitative estimate of drug-likeness (QED) is 0.574. The second-order valence-electron chi connectivity index (χ2n) is 7.91. The molecular weight excluding hydrogens is 376 g/mol. The standard InChI is InChI=1S/C20H24N4O5/c1-20(10-21-6-7-29-20)11-22-9-12-2-3-13-14(8-12)19(28)24(18(13)27)15-4-5-16(25)23-17(15)26/h2-3,8,15,21-22H,4-7,9-11H2,1H3,(H,23,25,26). The Morgan fingerprint density at radius 1 is 1.21 bits per heavy atom. The highest BCUT2D eigenvalue weighted by Crippen LogP contribution is 2.28. The van der Waals surface area contributed by atoms with Gasteiger partial charge < -0.3 is 15.4 Å². The molecule has 4 amide bonds. The highest BCUT2D eigenvalue weighted by atomic mass is 16.5. The number of amides is 4. The molecule has 9 nitrogen and oxygen atoms in total. The van der Waals surface area contributed by atoms with Crippen molar-refractivity contribution in [3.63, 3.8) is 0 Å². The van der Waals surface area contributed by atoms with Crippen molar-refractivity contribution in [3.8, 4) is 0 Å². The van der Waals surface area contributed by atoms with Crippen molar-refractivity contribution in [3.05, 3.63) is 34.9 Å². The van der Waals surface area contributed by atoms with Crippen LogP contribution in [0.2, 0.25) is 0 Å². The number of fused-ring (bicyclic) bond motifs is 1. The lowest BCUT2D eigenvalue weighted by atomic mass is 10.0. The number of ether oxygens (including phenoxy) is 1. The van der Waals surface area contributed by atoms with Crippen LogP contribution in [0.25, 0.3) is 0 Å². The van der Waals surface area contributed by atoms with Gasteiger partial charge in [-0.25, -0.2) is 0 Å². The first kappa shape index (κ1) is 19.7. The Balaban J connectivity index is 1.44. The summed E-state index contributed by atoms with van der Waals surface area (Å²) in [5.41, 5.74) is 1.15. The number of piperidine rings is 1. The van der Waals surface area contributed by atoms with Crippen LogP contribution < -0.4 is 16.0 Å². The van der Waals surface area contributed by atoms with E-state index in [2.05, 4.69) is 16.0 Å². The molecule has 154 valence electrons. The molecule has 9 heteroatoms. The van der Waals surface area contributed by atoms with Crippen molar-refractivity contribution in [2.24, 2.45) is 0 Å². The highest BCUT2D eigenvalue weighted by molar-refractivity contribution is 6.23. The van der Waals surface area contributed by atoms with Gasteiger partial charge in [0.1, 0.15) is 6.04 Å². The predicted molar refractivity (Wildman–Crippen MR) is 102 cm³/mol. The predicted octanol–water partition coefficient (Wildman–Crippen LogP) is -0.444. The number of morpholine rings is 1. The number of carbonyl (C=O) groups is 4. The zero-order valence-corrected chi connectivity index (χ0v) is 16.2. The van der Waals surface area contributed by atoms with Gasteiger partial charge in [-0.15, -0.1) is 0 Å². The van der Waals surface area contributed by atoms with Crippen LogP contribution >= 0.6 is 0 Å². The van der Waals surface area contributed by atoms with E-state index in [1.807, 2.05) is 6.92 Å². The molecule has 3 heterocycles. The Kier molecular flexibility index (Phi) is 5.20. The van der Waals surface area contributed by atoms with E-state index in [4.69, 9.17) is 4.74 Å². The van der Waals surface area contributed by atoms with Crippen molar-refractivity contribution in [1.82, 2.24) is 20.9 Å². The Morgan fingerprint density at radius 2 is 2.00 bits per heavy atom. The maximum Gasteiger partial charge on any atom is 0.262 e. The van der Waals surface area contributed by atoms with Crippen molar-refractivity contribution < 1.29 is 23.9 Å². The van der Waals surface area contributed by atoms with E-state index in [-0.39, 0.29) is 29.9 Å². The van der Waals surface area contributed by atoms with E-state index in [0.717, 1.165) is 23.6 Å². The van der Waals surface area contributed by atoms with Crippen LogP contribution in [0.15, 0.2) is 18.2 Å². The normalized spacial score (nSPS) is 27.2. The monoisotopic (exact) mass is 400 g/mol. The third kappa shape index (κ3) is 3.81. The second kappa shape index (κ2) is 7.66. The third-order valence-electron chi connectivity index (χ3n) is 5.56. The average molecular weight is 400 g/mol. The Hall–Kier alpha value is -2.62. The second-order valence-corrected chi connectivity index (χ2v) is 7.91. The van der Waals surface area contributed by atoms with Crippen LogP contribution in [0.4, 0.5) is 0 Å². The fraction of sp³-hybridized carbons (Fsp3) is 0.500. The first-order valence-corrected chi connectivity index (χ1v) is 9.78. The van der Waals surface area contributed by atoms with Gasteiger partial charge in [0.15, 0.2) is 0 Å². The summed E-state index contributed by atoms with van der Waals surface area (Å²) in [6, 6.07) is 4.17. The topological polar surface area (TPSA) is 117 Å². The molecule has 0 saturated carbocycles. The number of hydrogen-bond donors (Lipinski definition) is 3. The molecule has 1 aromatic rings. The molecule has 1 aromatic carbocycles. The van der Waals surface area contributed by atoms with Gasteiger partial charge in [-0.1, -0.05) is 6.07 Å². The van der Waals surface area contributed by atoms with Crippen LogP contribution in [0, 0.1) is 0 Å². The van der Waals surface area contributed by atoms with Crippen molar-refractivity contribution in [1.29, 1.82) is 0 Å². The smallest absolute Gasteiger partial charge is 0.262 e. The molecule has 3 N–H and O–H groups in total. The molecule has 0 radical (unpaired) electrons. The summed E-state index contributed by atoms with van der Waals surface area (Å²) in [6.07, 6.45) is 0.256. The average Bonchev–Trinajstić information content (AvgIpc) is 2.93. The summed E-state index contributed by atoms with van der Waals surface area (Å²) in [6.45, 7) is 5.48. The van der Waals surface area contributed by atoms with Gasteiger partial charge in [0.25, 0.3) is 11.8 Å². The molecule has 3 aliphatic rings. The van der Waals surface area contributed by atoms with Crippen molar-refractivity contribution in [2.75, 3.05) is 26.2 Å². The lowest BCUT2D eigenvalue weighted by Crippen LogP contribution is -2.54.